The van der Waals surface area contributed by atoms with E-state index in [4.69, 9.17) is 14.6 Å². The molecule has 0 atom stereocenters. The maximum absolute atomic E-state index is 13.5. The predicted octanol–water partition coefficient (Wildman–Crippen LogP) is 2.96. The predicted molar refractivity (Wildman–Crippen MR) is 159 cm³/mol. The number of nitrogens with zero attached hydrogens (tertiary/aromatic N) is 4. The lowest BCUT2D eigenvalue weighted by molar-refractivity contribution is -0.115. The van der Waals surface area contributed by atoms with Crippen LogP contribution in [0.1, 0.15) is 5.56 Å². The quantitative estimate of drug-likeness (QED) is 0.226. The number of methoxy groups -OCH3 is 1. The minimum absolute atomic E-state index is 0.0133. The molecule has 1 aliphatic rings. The average Bonchev–Trinajstić information content (AvgIpc) is 3.02. The second kappa shape index (κ2) is 12.7. The van der Waals surface area contributed by atoms with Gasteiger partial charge in [-0.1, -0.05) is 12.1 Å². The van der Waals surface area contributed by atoms with Crippen molar-refractivity contribution in [3.8, 4) is 17.0 Å². The molecule has 0 aliphatic carbocycles. The lowest BCUT2D eigenvalue weighted by Crippen LogP contribution is -2.40. The zero-order valence-corrected chi connectivity index (χ0v) is 25.3. The Balaban J connectivity index is 1.49. The minimum Gasteiger partial charge on any atom is -0.495 e. The standard InChI is InChI=1S/C27H28F3N7O6S2/c1-42-22-9-4-18(14-23(22)45(40,41)37-10-12-43-13-11-37)20-7-8-21-24(34-20)25(33-16-27(28,29)30)36-26(35-21)32-15-17-2-5-19(6-3-17)44(31,38)39/h2-9,14H,10-13,15-16H2,1H3,(H2,31,38,39)(H2,32,33,35,36). The highest BCUT2D eigenvalue weighted by atomic mass is 32.2. The smallest absolute Gasteiger partial charge is 0.405 e. The molecular weight excluding hydrogens is 639 g/mol. The molecule has 4 N–H and O–H groups in total. The van der Waals surface area contributed by atoms with Gasteiger partial charge in [0.05, 0.1) is 36.4 Å². The van der Waals surface area contributed by atoms with Crippen molar-refractivity contribution in [1.29, 1.82) is 0 Å². The number of hydrogen-bond donors (Lipinski definition) is 3. The number of hydrogen-bond acceptors (Lipinski definition) is 11. The van der Waals surface area contributed by atoms with Gasteiger partial charge in [-0.05, 0) is 48.0 Å². The molecule has 4 aromatic rings. The average molecular weight is 668 g/mol. The molecule has 0 spiro atoms. The van der Waals surface area contributed by atoms with Gasteiger partial charge in [-0.2, -0.15) is 22.5 Å². The molecule has 0 unspecified atom stereocenters. The van der Waals surface area contributed by atoms with Gasteiger partial charge in [-0.15, -0.1) is 0 Å². The molecule has 1 aliphatic heterocycles. The van der Waals surface area contributed by atoms with E-state index < -0.39 is 32.8 Å². The zero-order chi connectivity index (χ0) is 32.4. The first kappa shape index (κ1) is 32.3. The van der Waals surface area contributed by atoms with Crippen molar-refractivity contribution in [1.82, 2.24) is 19.3 Å². The van der Waals surface area contributed by atoms with E-state index in [2.05, 4.69) is 25.6 Å². The van der Waals surface area contributed by atoms with Crippen LogP contribution in [0.4, 0.5) is 24.9 Å². The summed E-state index contributed by atoms with van der Waals surface area (Å²) in [7, 11) is -6.48. The number of anilines is 2. The maximum Gasteiger partial charge on any atom is 0.405 e. The number of primary sulfonamides is 1. The first-order chi connectivity index (χ1) is 21.2. The fraction of sp³-hybridized carbons (Fsp3) is 0.296. The normalized spacial score (nSPS) is 14.8. The summed E-state index contributed by atoms with van der Waals surface area (Å²) in [6, 6.07) is 13.3. The van der Waals surface area contributed by atoms with Gasteiger partial charge >= 0.3 is 6.18 Å². The first-order valence-electron chi connectivity index (χ1n) is 13.4. The molecule has 45 heavy (non-hydrogen) atoms. The highest BCUT2D eigenvalue weighted by Gasteiger charge is 2.30. The van der Waals surface area contributed by atoms with Crippen LogP contribution < -0.4 is 20.5 Å². The Bertz CT molecular complexity index is 1920. The second-order valence-corrected chi connectivity index (χ2v) is 13.3. The Hall–Kier alpha value is -4.10. The highest BCUT2D eigenvalue weighted by molar-refractivity contribution is 7.89. The summed E-state index contributed by atoms with van der Waals surface area (Å²) in [6.45, 7) is -0.428. The highest BCUT2D eigenvalue weighted by Crippen LogP contribution is 2.33. The van der Waals surface area contributed by atoms with Crippen LogP contribution in [-0.2, 0) is 31.3 Å². The van der Waals surface area contributed by atoms with E-state index in [9.17, 15) is 30.0 Å². The van der Waals surface area contributed by atoms with E-state index in [1.807, 2.05) is 0 Å². The van der Waals surface area contributed by atoms with E-state index in [-0.39, 0.29) is 76.9 Å². The minimum atomic E-state index is -4.56. The van der Waals surface area contributed by atoms with Gasteiger partial charge in [0.1, 0.15) is 22.7 Å². The Morgan fingerprint density at radius 2 is 1.67 bits per heavy atom. The monoisotopic (exact) mass is 667 g/mol. The van der Waals surface area contributed by atoms with Crippen LogP contribution in [0.5, 0.6) is 5.75 Å². The molecule has 0 saturated carbocycles. The third-order valence-corrected chi connectivity index (χ3v) is 9.60. The molecule has 0 amide bonds. The number of nitrogens with two attached hydrogens (primary N) is 1. The van der Waals surface area contributed by atoms with E-state index in [1.165, 1.54) is 53.9 Å². The summed E-state index contributed by atoms with van der Waals surface area (Å²) < 4.78 is 101. The van der Waals surface area contributed by atoms with Crippen molar-refractivity contribution in [2.24, 2.45) is 5.14 Å². The van der Waals surface area contributed by atoms with Gasteiger partial charge < -0.3 is 20.1 Å². The van der Waals surface area contributed by atoms with E-state index in [1.54, 1.807) is 12.1 Å². The summed E-state index contributed by atoms with van der Waals surface area (Å²) in [4.78, 5) is 12.9. The van der Waals surface area contributed by atoms with Crippen molar-refractivity contribution in [3.63, 3.8) is 0 Å². The third-order valence-electron chi connectivity index (χ3n) is 6.75. The van der Waals surface area contributed by atoms with Crippen molar-refractivity contribution in [2.45, 2.75) is 22.5 Å². The first-order valence-corrected chi connectivity index (χ1v) is 16.3. The molecule has 5 rings (SSSR count). The van der Waals surface area contributed by atoms with Crippen molar-refractivity contribution in [2.75, 3.05) is 50.6 Å². The van der Waals surface area contributed by atoms with E-state index in [0.29, 0.717) is 11.1 Å². The molecule has 1 saturated heterocycles. The number of halogens is 3. The number of alkyl halides is 3. The van der Waals surface area contributed by atoms with E-state index in [0.717, 1.165) is 0 Å². The topological polar surface area (TPSA) is 179 Å². The zero-order valence-electron chi connectivity index (χ0n) is 23.7. The Kier molecular flexibility index (Phi) is 9.13. The maximum atomic E-state index is 13.5. The van der Waals surface area contributed by atoms with E-state index >= 15 is 0 Å². The molecule has 18 heteroatoms. The number of nitrogens with one attached hydrogen (secondary N) is 2. The fourth-order valence-electron chi connectivity index (χ4n) is 4.50. The molecule has 2 aromatic heterocycles. The van der Waals surface area contributed by atoms with Gasteiger partial charge in [0.2, 0.25) is 26.0 Å². The number of aromatic nitrogens is 3. The molecule has 2 aromatic carbocycles. The van der Waals surface area contributed by atoms with Crippen molar-refractivity contribution >= 4 is 42.8 Å². The Morgan fingerprint density at radius 3 is 2.31 bits per heavy atom. The molecular formula is C27H28F3N7O6S2. The van der Waals surface area contributed by atoms with Gasteiger partial charge in [0.25, 0.3) is 0 Å². The fourth-order valence-corrected chi connectivity index (χ4v) is 6.61. The Morgan fingerprint density at radius 1 is 0.956 bits per heavy atom. The number of morpholine rings is 1. The summed E-state index contributed by atoms with van der Waals surface area (Å²) >= 11 is 0. The molecule has 0 radical (unpaired) electrons. The lowest BCUT2D eigenvalue weighted by Gasteiger charge is -2.26. The van der Waals surface area contributed by atoms with Crippen LogP contribution >= 0.6 is 0 Å². The molecule has 0 bridgehead atoms. The van der Waals surface area contributed by atoms with Gasteiger partial charge in [-0.25, -0.2) is 31.9 Å². The van der Waals surface area contributed by atoms with Crippen LogP contribution in [0, 0.1) is 0 Å². The number of pyridine rings is 1. The van der Waals surface area contributed by atoms with Crippen LogP contribution in [-0.4, -0.2) is 82.2 Å². The Labute approximate surface area is 256 Å². The van der Waals surface area contributed by atoms with Gasteiger partial charge in [0.15, 0.2) is 5.82 Å². The number of fused-ring (bicyclic) bond motifs is 1. The second-order valence-electron chi connectivity index (χ2n) is 9.85. The number of ether oxygens (including phenoxy) is 2. The summed E-state index contributed by atoms with van der Waals surface area (Å²) in [6.07, 6.45) is -4.56. The summed E-state index contributed by atoms with van der Waals surface area (Å²) in [5.74, 6) is -0.0987. The van der Waals surface area contributed by atoms with Crippen molar-refractivity contribution in [3.05, 3.63) is 60.2 Å². The summed E-state index contributed by atoms with van der Waals surface area (Å²) in [5.41, 5.74) is 1.49. The number of sulfonamides is 2. The third kappa shape index (κ3) is 7.59. The van der Waals surface area contributed by atoms with Crippen LogP contribution in [0.3, 0.4) is 0 Å². The van der Waals surface area contributed by atoms with Crippen LogP contribution in [0.2, 0.25) is 0 Å². The molecule has 1 fully saturated rings. The summed E-state index contributed by atoms with van der Waals surface area (Å²) in [5, 5.41) is 10.3. The van der Waals surface area contributed by atoms with Crippen molar-refractivity contribution < 1.29 is 39.5 Å². The number of benzene rings is 2. The van der Waals surface area contributed by atoms with Gasteiger partial charge in [0, 0.05) is 25.2 Å². The van der Waals surface area contributed by atoms with Gasteiger partial charge in [-0.3, -0.25) is 0 Å². The largest absolute Gasteiger partial charge is 0.495 e. The van der Waals surface area contributed by atoms with Crippen LogP contribution in [0.25, 0.3) is 22.3 Å². The van der Waals surface area contributed by atoms with Crippen LogP contribution in [0.15, 0.2) is 64.4 Å². The number of rotatable bonds is 10. The molecule has 13 nitrogen and oxygen atoms in total. The molecule has 3 heterocycles. The molecule has 240 valence electrons. The SMILES string of the molecule is COc1ccc(-c2ccc3nc(NCc4ccc(S(N)(=O)=O)cc4)nc(NCC(F)(F)F)c3n2)cc1S(=O)(=O)N1CCOCC1. The lowest BCUT2D eigenvalue weighted by atomic mass is 10.1.